The molecule has 0 heterocycles. The molecular weight excluding hydrogens is 196 g/mol. The molecule has 0 saturated heterocycles. The second kappa shape index (κ2) is 6.89. The van der Waals surface area contributed by atoms with Gasteiger partial charge in [0.05, 0.1) is 6.61 Å². The molecule has 1 aromatic carbocycles. The standard InChI is InChI=1S/C15H20O/c1-4-7-13(6-3)14-8-10-15(11-9-14)16-12-5-2/h4,6-11H,5,12H2,1-3H3. The first-order chi connectivity index (χ1) is 7.81. The van der Waals surface area contributed by atoms with Crippen molar-refractivity contribution >= 4 is 5.57 Å². The minimum Gasteiger partial charge on any atom is -0.494 e. The van der Waals surface area contributed by atoms with Crippen LogP contribution in [-0.2, 0) is 0 Å². The maximum absolute atomic E-state index is 5.55. The van der Waals surface area contributed by atoms with Crippen LogP contribution in [0.25, 0.3) is 5.57 Å². The molecule has 1 aromatic rings. The van der Waals surface area contributed by atoms with E-state index in [4.69, 9.17) is 4.74 Å². The molecule has 0 radical (unpaired) electrons. The first-order valence-corrected chi connectivity index (χ1v) is 5.84. The molecule has 0 saturated carbocycles. The van der Waals surface area contributed by atoms with Gasteiger partial charge in [0.1, 0.15) is 5.75 Å². The Morgan fingerprint density at radius 3 is 2.38 bits per heavy atom. The van der Waals surface area contributed by atoms with Crippen LogP contribution in [0.15, 0.2) is 42.5 Å². The number of ether oxygens (including phenoxy) is 1. The van der Waals surface area contributed by atoms with Crippen LogP contribution in [0.1, 0.15) is 32.8 Å². The zero-order valence-corrected chi connectivity index (χ0v) is 10.4. The topological polar surface area (TPSA) is 9.23 Å². The molecule has 16 heavy (non-hydrogen) atoms. The van der Waals surface area contributed by atoms with Crippen LogP contribution in [0.2, 0.25) is 0 Å². The summed E-state index contributed by atoms with van der Waals surface area (Å²) in [7, 11) is 0. The van der Waals surface area contributed by atoms with Crippen molar-refractivity contribution in [3.63, 3.8) is 0 Å². The van der Waals surface area contributed by atoms with E-state index in [0.29, 0.717) is 0 Å². The van der Waals surface area contributed by atoms with Crippen molar-refractivity contribution < 1.29 is 4.74 Å². The maximum atomic E-state index is 5.55. The summed E-state index contributed by atoms with van der Waals surface area (Å²) in [5, 5.41) is 0. The molecule has 0 amide bonds. The molecule has 1 heteroatoms. The van der Waals surface area contributed by atoms with Gasteiger partial charge in [0.2, 0.25) is 0 Å². The van der Waals surface area contributed by atoms with Crippen molar-refractivity contribution in [1.29, 1.82) is 0 Å². The lowest BCUT2D eigenvalue weighted by atomic mass is 10.1. The van der Waals surface area contributed by atoms with E-state index in [1.54, 1.807) is 0 Å². The number of benzene rings is 1. The van der Waals surface area contributed by atoms with Crippen LogP contribution in [0.5, 0.6) is 5.75 Å². The number of hydrogen-bond donors (Lipinski definition) is 0. The van der Waals surface area contributed by atoms with Gasteiger partial charge in [-0.3, -0.25) is 0 Å². The Morgan fingerprint density at radius 2 is 1.88 bits per heavy atom. The zero-order valence-electron chi connectivity index (χ0n) is 10.4. The largest absolute Gasteiger partial charge is 0.494 e. The Labute approximate surface area is 98.5 Å². The van der Waals surface area contributed by atoms with E-state index >= 15 is 0 Å². The molecule has 86 valence electrons. The lowest BCUT2D eigenvalue weighted by molar-refractivity contribution is 0.317. The van der Waals surface area contributed by atoms with E-state index in [2.05, 4.69) is 44.2 Å². The van der Waals surface area contributed by atoms with Crippen molar-refractivity contribution in [2.75, 3.05) is 6.61 Å². The Balaban J connectivity index is 2.77. The highest BCUT2D eigenvalue weighted by Gasteiger charge is 1.97. The van der Waals surface area contributed by atoms with Crippen molar-refractivity contribution in [1.82, 2.24) is 0 Å². The predicted octanol–water partition coefficient (Wildman–Crippen LogP) is 4.45. The van der Waals surface area contributed by atoms with Gasteiger partial charge >= 0.3 is 0 Å². The molecule has 0 N–H and O–H groups in total. The minimum atomic E-state index is 0.782. The minimum absolute atomic E-state index is 0.782. The zero-order chi connectivity index (χ0) is 11.8. The van der Waals surface area contributed by atoms with E-state index < -0.39 is 0 Å². The monoisotopic (exact) mass is 216 g/mol. The van der Waals surface area contributed by atoms with Gasteiger partial charge < -0.3 is 4.74 Å². The van der Waals surface area contributed by atoms with Gasteiger partial charge in [-0.2, -0.15) is 0 Å². The van der Waals surface area contributed by atoms with Gasteiger partial charge in [-0.05, 0) is 43.5 Å². The molecule has 0 aromatic heterocycles. The summed E-state index contributed by atoms with van der Waals surface area (Å²) in [6, 6.07) is 8.25. The van der Waals surface area contributed by atoms with Gasteiger partial charge in [0.25, 0.3) is 0 Å². The van der Waals surface area contributed by atoms with Gasteiger partial charge in [-0.25, -0.2) is 0 Å². The van der Waals surface area contributed by atoms with Crippen LogP contribution in [0.3, 0.4) is 0 Å². The summed E-state index contributed by atoms with van der Waals surface area (Å²) in [6.07, 6.45) is 7.32. The van der Waals surface area contributed by atoms with E-state index in [1.165, 1.54) is 11.1 Å². The summed E-state index contributed by atoms with van der Waals surface area (Å²) >= 11 is 0. The highest BCUT2D eigenvalue weighted by atomic mass is 16.5. The van der Waals surface area contributed by atoms with E-state index in [9.17, 15) is 0 Å². The van der Waals surface area contributed by atoms with Crippen LogP contribution in [0.4, 0.5) is 0 Å². The molecule has 0 bridgehead atoms. The fraction of sp³-hybridized carbons (Fsp3) is 0.333. The first kappa shape index (κ1) is 12.6. The van der Waals surface area contributed by atoms with Crippen LogP contribution < -0.4 is 4.74 Å². The lowest BCUT2D eigenvalue weighted by Crippen LogP contribution is -1.94. The van der Waals surface area contributed by atoms with Gasteiger partial charge in [0, 0.05) is 0 Å². The molecule has 0 aliphatic heterocycles. The molecule has 0 unspecified atom stereocenters. The fourth-order valence-corrected chi connectivity index (χ4v) is 1.50. The van der Waals surface area contributed by atoms with Crippen LogP contribution in [0, 0.1) is 0 Å². The highest BCUT2D eigenvalue weighted by molar-refractivity contribution is 5.73. The second-order valence-electron chi connectivity index (χ2n) is 3.62. The van der Waals surface area contributed by atoms with E-state index in [-0.39, 0.29) is 0 Å². The van der Waals surface area contributed by atoms with Crippen molar-refractivity contribution in [2.45, 2.75) is 27.2 Å². The Hall–Kier alpha value is -1.50. The van der Waals surface area contributed by atoms with Gasteiger partial charge in [-0.15, -0.1) is 0 Å². The van der Waals surface area contributed by atoms with Crippen LogP contribution >= 0.6 is 0 Å². The summed E-state index contributed by atoms with van der Waals surface area (Å²) in [5.41, 5.74) is 2.47. The first-order valence-electron chi connectivity index (χ1n) is 5.84. The molecule has 0 aliphatic rings. The van der Waals surface area contributed by atoms with Gasteiger partial charge in [0.15, 0.2) is 0 Å². The summed E-state index contributed by atoms with van der Waals surface area (Å²) < 4.78 is 5.55. The molecule has 0 aliphatic carbocycles. The van der Waals surface area contributed by atoms with E-state index in [1.807, 2.05) is 19.1 Å². The molecule has 0 atom stereocenters. The van der Waals surface area contributed by atoms with Crippen molar-refractivity contribution in [3.8, 4) is 5.75 Å². The number of hydrogen-bond acceptors (Lipinski definition) is 1. The second-order valence-corrected chi connectivity index (χ2v) is 3.62. The number of allylic oxidation sites excluding steroid dienone is 4. The number of rotatable bonds is 5. The average molecular weight is 216 g/mol. The SMILES string of the molecule is CC=CC(=CC)c1ccc(OCCC)cc1. The normalized spacial score (nSPS) is 12.1. The van der Waals surface area contributed by atoms with E-state index in [0.717, 1.165) is 18.8 Å². The third-order valence-corrected chi connectivity index (χ3v) is 2.32. The third-order valence-electron chi connectivity index (χ3n) is 2.32. The van der Waals surface area contributed by atoms with Crippen LogP contribution in [-0.4, -0.2) is 6.61 Å². The van der Waals surface area contributed by atoms with Gasteiger partial charge in [-0.1, -0.05) is 37.3 Å². The van der Waals surface area contributed by atoms with Crippen molar-refractivity contribution in [3.05, 3.63) is 48.1 Å². The molecular formula is C15H20O. The summed E-state index contributed by atoms with van der Waals surface area (Å²) in [6.45, 7) is 6.97. The maximum Gasteiger partial charge on any atom is 0.119 e. The molecule has 1 nitrogen and oxygen atoms in total. The molecule has 0 fully saturated rings. The molecule has 1 rings (SSSR count). The third kappa shape index (κ3) is 3.58. The Morgan fingerprint density at radius 1 is 1.19 bits per heavy atom. The Kier molecular flexibility index (Phi) is 5.41. The summed E-state index contributed by atoms with van der Waals surface area (Å²) in [4.78, 5) is 0. The lowest BCUT2D eigenvalue weighted by Gasteiger charge is -2.06. The quantitative estimate of drug-likeness (QED) is 0.660. The summed E-state index contributed by atoms with van der Waals surface area (Å²) in [5.74, 6) is 0.946. The Bertz CT molecular complexity index is 358. The molecule has 0 spiro atoms. The highest BCUT2D eigenvalue weighted by Crippen LogP contribution is 2.19. The van der Waals surface area contributed by atoms with Crippen molar-refractivity contribution in [2.24, 2.45) is 0 Å². The predicted molar refractivity (Wildman–Crippen MR) is 70.7 cm³/mol. The average Bonchev–Trinajstić information content (AvgIpc) is 2.34. The smallest absolute Gasteiger partial charge is 0.119 e. The fourth-order valence-electron chi connectivity index (χ4n) is 1.50.